The Bertz CT molecular complexity index is 785. The first kappa shape index (κ1) is 21.5. The normalized spacial score (nSPS) is 13.1. The minimum atomic E-state index is -4.43. The van der Waals surface area contributed by atoms with Crippen LogP contribution in [-0.4, -0.2) is 46.1 Å². The summed E-state index contributed by atoms with van der Waals surface area (Å²) < 4.78 is 51.3. The molecule has 154 valence electrons. The molecule has 11 heteroatoms. The van der Waals surface area contributed by atoms with Gasteiger partial charge in [-0.1, -0.05) is 12.1 Å². The van der Waals surface area contributed by atoms with Gasteiger partial charge in [0.05, 0.1) is 6.20 Å². The summed E-state index contributed by atoms with van der Waals surface area (Å²) in [5.41, 5.74) is -0.320. The molecule has 0 aliphatic heterocycles. The number of nitrogens with one attached hydrogen (secondary N) is 1. The Kier molecular flexibility index (Phi) is 6.47. The highest BCUT2D eigenvalue weighted by atomic mass is 19.4. The molecule has 1 amide bonds. The Balaban J connectivity index is 1.93. The number of alkyl halides is 3. The highest BCUT2D eigenvalue weighted by Gasteiger charge is 2.28. The van der Waals surface area contributed by atoms with E-state index in [0.717, 1.165) is 6.20 Å². The molecule has 2 heterocycles. The van der Waals surface area contributed by atoms with E-state index in [2.05, 4.69) is 25.2 Å². The largest absolute Gasteiger partial charge is 0.483 e. The van der Waals surface area contributed by atoms with E-state index in [-0.39, 0.29) is 29.8 Å². The molecule has 0 saturated carbocycles. The number of carbonyl (C=O) groups is 1. The van der Waals surface area contributed by atoms with Crippen LogP contribution < -0.4 is 10.1 Å². The molecule has 0 aromatic carbocycles. The van der Waals surface area contributed by atoms with Gasteiger partial charge in [-0.15, -0.1) is 0 Å². The first-order chi connectivity index (χ1) is 12.9. The SMILES string of the molecule is CC(CNC(=O)OC(C)(C)C)c1noc(-c2ccc(OCC(F)(F)F)cn2)n1. The van der Waals surface area contributed by atoms with Crippen molar-refractivity contribution in [2.45, 2.75) is 45.4 Å². The van der Waals surface area contributed by atoms with Crippen LogP contribution in [0.1, 0.15) is 39.4 Å². The molecular weight excluding hydrogens is 381 g/mol. The minimum absolute atomic E-state index is 0.0317. The fourth-order valence-corrected chi connectivity index (χ4v) is 1.94. The number of halogens is 3. The van der Waals surface area contributed by atoms with Gasteiger partial charge >= 0.3 is 12.3 Å². The van der Waals surface area contributed by atoms with Crippen LogP contribution in [-0.2, 0) is 4.74 Å². The lowest BCUT2D eigenvalue weighted by atomic mass is 10.1. The Labute approximate surface area is 159 Å². The van der Waals surface area contributed by atoms with E-state index in [1.54, 1.807) is 27.7 Å². The van der Waals surface area contributed by atoms with Gasteiger partial charge in [0.2, 0.25) is 0 Å². The zero-order valence-corrected chi connectivity index (χ0v) is 15.8. The number of aromatic nitrogens is 3. The molecule has 0 aliphatic carbocycles. The van der Waals surface area contributed by atoms with Crippen LogP contribution in [0.4, 0.5) is 18.0 Å². The third-order valence-electron chi connectivity index (χ3n) is 3.19. The number of alkyl carbamates (subject to hydrolysis) is 1. The number of hydrogen-bond acceptors (Lipinski definition) is 7. The molecule has 2 aromatic heterocycles. The fourth-order valence-electron chi connectivity index (χ4n) is 1.94. The van der Waals surface area contributed by atoms with Crippen molar-refractivity contribution >= 4 is 6.09 Å². The molecule has 0 fully saturated rings. The van der Waals surface area contributed by atoms with E-state index >= 15 is 0 Å². The van der Waals surface area contributed by atoms with Crippen molar-refractivity contribution in [1.82, 2.24) is 20.4 Å². The molecule has 0 aliphatic rings. The van der Waals surface area contributed by atoms with Crippen LogP contribution in [0.3, 0.4) is 0 Å². The molecule has 0 saturated heterocycles. The summed E-state index contributed by atoms with van der Waals surface area (Å²) in [4.78, 5) is 19.8. The van der Waals surface area contributed by atoms with Crippen molar-refractivity contribution in [3.05, 3.63) is 24.2 Å². The van der Waals surface area contributed by atoms with Gasteiger partial charge in [-0.3, -0.25) is 0 Å². The Morgan fingerprint density at radius 2 is 2.00 bits per heavy atom. The van der Waals surface area contributed by atoms with E-state index in [1.807, 2.05) is 0 Å². The van der Waals surface area contributed by atoms with Crippen molar-refractivity contribution in [2.75, 3.05) is 13.2 Å². The summed E-state index contributed by atoms with van der Waals surface area (Å²) in [5, 5.41) is 6.45. The van der Waals surface area contributed by atoms with Crippen LogP contribution >= 0.6 is 0 Å². The van der Waals surface area contributed by atoms with Crippen molar-refractivity contribution in [3.8, 4) is 17.3 Å². The Morgan fingerprint density at radius 3 is 2.57 bits per heavy atom. The molecule has 1 atom stereocenters. The topological polar surface area (TPSA) is 99.4 Å². The maximum atomic E-state index is 12.1. The number of hydrogen-bond donors (Lipinski definition) is 1. The lowest BCUT2D eigenvalue weighted by molar-refractivity contribution is -0.153. The second-order valence-corrected chi connectivity index (χ2v) is 7.02. The number of pyridine rings is 1. The van der Waals surface area contributed by atoms with E-state index < -0.39 is 24.5 Å². The summed E-state index contributed by atoms with van der Waals surface area (Å²) in [5.74, 6) is 0.141. The van der Waals surface area contributed by atoms with Crippen molar-refractivity contribution in [3.63, 3.8) is 0 Å². The molecule has 0 bridgehead atoms. The maximum absolute atomic E-state index is 12.1. The molecule has 1 N–H and O–H groups in total. The van der Waals surface area contributed by atoms with E-state index in [4.69, 9.17) is 9.26 Å². The first-order valence-corrected chi connectivity index (χ1v) is 8.39. The third kappa shape index (κ3) is 7.05. The quantitative estimate of drug-likeness (QED) is 0.786. The second-order valence-electron chi connectivity index (χ2n) is 7.02. The van der Waals surface area contributed by atoms with Gasteiger partial charge in [-0.2, -0.15) is 18.2 Å². The maximum Gasteiger partial charge on any atom is 0.422 e. The number of rotatable bonds is 6. The monoisotopic (exact) mass is 402 g/mol. The van der Waals surface area contributed by atoms with Gasteiger partial charge in [-0.25, -0.2) is 9.78 Å². The Morgan fingerprint density at radius 1 is 1.29 bits per heavy atom. The summed E-state index contributed by atoms with van der Waals surface area (Å²) in [7, 11) is 0. The summed E-state index contributed by atoms with van der Waals surface area (Å²) >= 11 is 0. The van der Waals surface area contributed by atoms with E-state index in [1.165, 1.54) is 12.1 Å². The molecule has 2 aromatic rings. The second kappa shape index (κ2) is 8.44. The molecule has 0 spiro atoms. The van der Waals surface area contributed by atoms with Crippen LogP contribution in [0, 0.1) is 0 Å². The summed E-state index contributed by atoms with van der Waals surface area (Å²) in [6.07, 6.45) is -3.85. The molecule has 2 rings (SSSR count). The zero-order valence-electron chi connectivity index (χ0n) is 15.8. The number of ether oxygens (including phenoxy) is 2. The van der Waals surface area contributed by atoms with Crippen LogP contribution in [0.15, 0.2) is 22.9 Å². The lowest BCUT2D eigenvalue weighted by Gasteiger charge is -2.20. The van der Waals surface area contributed by atoms with Crippen molar-refractivity contribution in [2.24, 2.45) is 0 Å². The standard InChI is InChI=1S/C17H21F3N4O4/c1-10(7-22-15(25)27-16(2,3)4)13-23-14(28-24-13)12-6-5-11(8-21-12)26-9-17(18,19)20/h5-6,8,10H,7,9H2,1-4H3,(H,22,25). The Hall–Kier alpha value is -2.85. The summed E-state index contributed by atoms with van der Waals surface area (Å²) in [6.45, 7) is 5.88. The minimum Gasteiger partial charge on any atom is -0.483 e. The first-order valence-electron chi connectivity index (χ1n) is 8.39. The number of carbonyl (C=O) groups excluding carboxylic acids is 1. The molecule has 28 heavy (non-hydrogen) atoms. The van der Waals surface area contributed by atoms with Gasteiger partial charge in [0, 0.05) is 12.5 Å². The number of amides is 1. The van der Waals surface area contributed by atoms with Crippen LogP contribution in [0.25, 0.3) is 11.6 Å². The zero-order chi connectivity index (χ0) is 20.9. The van der Waals surface area contributed by atoms with Crippen molar-refractivity contribution < 1.29 is 32.0 Å². The highest BCUT2D eigenvalue weighted by molar-refractivity contribution is 5.67. The molecule has 1 unspecified atom stereocenters. The highest BCUT2D eigenvalue weighted by Crippen LogP contribution is 2.22. The predicted molar refractivity (Wildman–Crippen MR) is 91.7 cm³/mol. The number of nitrogens with zero attached hydrogens (tertiary/aromatic N) is 3. The van der Waals surface area contributed by atoms with E-state index in [0.29, 0.717) is 5.82 Å². The van der Waals surface area contributed by atoms with E-state index in [9.17, 15) is 18.0 Å². The van der Waals surface area contributed by atoms with Gasteiger partial charge in [-0.05, 0) is 32.9 Å². The lowest BCUT2D eigenvalue weighted by Crippen LogP contribution is -2.34. The van der Waals surface area contributed by atoms with Gasteiger partial charge in [0.1, 0.15) is 17.0 Å². The van der Waals surface area contributed by atoms with Gasteiger partial charge in [0.25, 0.3) is 5.89 Å². The third-order valence-corrected chi connectivity index (χ3v) is 3.19. The fraction of sp³-hybridized carbons (Fsp3) is 0.529. The smallest absolute Gasteiger partial charge is 0.422 e. The molecule has 0 radical (unpaired) electrons. The molecular formula is C17H21F3N4O4. The predicted octanol–water partition coefficient (Wildman–Crippen LogP) is 3.70. The average molecular weight is 402 g/mol. The average Bonchev–Trinajstić information content (AvgIpc) is 3.06. The van der Waals surface area contributed by atoms with Crippen molar-refractivity contribution in [1.29, 1.82) is 0 Å². The van der Waals surface area contributed by atoms with Gasteiger partial charge in [0.15, 0.2) is 12.4 Å². The van der Waals surface area contributed by atoms with Crippen LogP contribution in [0.2, 0.25) is 0 Å². The summed E-state index contributed by atoms with van der Waals surface area (Å²) in [6, 6.07) is 2.73. The molecule has 8 nitrogen and oxygen atoms in total. The van der Waals surface area contributed by atoms with Crippen LogP contribution in [0.5, 0.6) is 5.75 Å². The van der Waals surface area contributed by atoms with Gasteiger partial charge < -0.3 is 19.3 Å².